The van der Waals surface area contributed by atoms with Crippen molar-refractivity contribution in [3.8, 4) is 22.6 Å². The minimum absolute atomic E-state index is 0.229. The van der Waals surface area contributed by atoms with Crippen LogP contribution in [0.1, 0.15) is 24.0 Å². The number of ether oxygens (including phenoxy) is 1. The van der Waals surface area contributed by atoms with E-state index in [0.29, 0.717) is 0 Å². The van der Waals surface area contributed by atoms with Crippen molar-refractivity contribution in [3.05, 3.63) is 77.6 Å². The van der Waals surface area contributed by atoms with Gasteiger partial charge < -0.3 is 9.64 Å². The lowest BCUT2D eigenvalue weighted by Crippen LogP contribution is -2.16. The minimum Gasteiger partial charge on any atom is -0.457 e. The van der Waals surface area contributed by atoms with E-state index in [4.69, 9.17) is 4.74 Å². The summed E-state index contributed by atoms with van der Waals surface area (Å²) in [5, 5.41) is 0. The summed E-state index contributed by atoms with van der Waals surface area (Å²) in [5.74, 6) is 1.37. The van der Waals surface area contributed by atoms with Crippen LogP contribution in [0.4, 0.5) is 10.1 Å². The van der Waals surface area contributed by atoms with E-state index in [0.717, 1.165) is 52.5 Å². The van der Waals surface area contributed by atoms with E-state index in [1.807, 2.05) is 43.6 Å². The molecule has 0 unspecified atom stereocenters. The maximum Gasteiger partial charge on any atom is 0.130 e. The summed E-state index contributed by atoms with van der Waals surface area (Å²) in [6, 6.07) is 18.5. The third-order valence-electron chi connectivity index (χ3n) is 5.25. The summed E-state index contributed by atoms with van der Waals surface area (Å²) in [6.07, 6.45) is 4.46. The highest BCUT2D eigenvalue weighted by Gasteiger charge is 2.09. The molecule has 0 N–H and O–H groups in total. The molecule has 1 aliphatic heterocycles. The fourth-order valence-electron chi connectivity index (χ4n) is 3.51. The van der Waals surface area contributed by atoms with Gasteiger partial charge in [-0.2, -0.15) is 0 Å². The number of hydrogen-bond acceptors (Lipinski definition) is 2. The number of hydrogen-bond donors (Lipinski definition) is 0. The molecule has 1 aliphatic rings. The second-order valence-electron chi connectivity index (χ2n) is 7.53. The van der Waals surface area contributed by atoms with E-state index in [-0.39, 0.29) is 5.82 Å². The minimum atomic E-state index is -0.229. The number of aryl methyl sites for hydroxylation is 2. The molecule has 3 aromatic carbocycles. The van der Waals surface area contributed by atoms with E-state index in [1.165, 1.54) is 25.0 Å². The molecule has 0 radical (unpaired) electrons. The van der Waals surface area contributed by atoms with Gasteiger partial charge in [-0.05, 0) is 85.3 Å². The van der Waals surface area contributed by atoms with Gasteiger partial charge in [-0.1, -0.05) is 24.3 Å². The SMILES string of the molecule is Cc1cc(Oc2ccc(-c3ccc(F)cc3)cc2)c(C)cc1/N=C/N1CCCC1. The Labute approximate surface area is 171 Å². The van der Waals surface area contributed by atoms with Gasteiger partial charge in [0.15, 0.2) is 0 Å². The van der Waals surface area contributed by atoms with Gasteiger partial charge in [-0.15, -0.1) is 0 Å². The molecule has 0 bridgehead atoms. The first-order valence-electron chi connectivity index (χ1n) is 10.0. The lowest BCUT2D eigenvalue weighted by Gasteiger charge is -2.13. The van der Waals surface area contributed by atoms with Crippen molar-refractivity contribution in [1.82, 2.24) is 4.90 Å². The normalized spacial score (nSPS) is 14.0. The maximum atomic E-state index is 13.1. The van der Waals surface area contributed by atoms with E-state index in [2.05, 4.69) is 22.9 Å². The fourth-order valence-corrected chi connectivity index (χ4v) is 3.51. The third-order valence-corrected chi connectivity index (χ3v) is 5.25. The van der Waals surface area contributed by atoms with Crippen LogP contribution in [0, 0.1) is 19.7 Å². The van der Waals surface area contributed by atoms with Gasteiger partial charge in [0, 0.05) is 13.1 Å². The van der Waals surface area contributed by atoms with Gasteiger partial charge in [-0.25, -0.2) is 9.38 Å². The Morgan fingerprint density at radius 3 is 2.14 bits per heavy atom. The van der Waals surface area contributed by atoms with E-state index >= 15 is 0 Å². The van der Waals surface area contributed by atoms with Crippen LogP contribution in [0.2, 0.25) is 0 Å². The number of likely N-dealkylation sites (tertiary alicyclic amines) is 1. The van der Waals surface area contributed by atoms with E-state index in [1.54, 1.807) is 12.1 Å². The van der Waals surface area contributed by atoms with Crippen molar-refractivity contribution >= 4 is 12.0 Å². The molecule has 1 fully saturated rings. The molecule has 0 aliphatic carbocycles. The zero-order valence-electron chi connectivity index (χ0n) is 16.9. The molecule has 4 rings (SSSR count). The first kappa shape index (κ1) is 19.2. The number of aliphatic imine (C=N–C) groups is 1. The van der Waals surface area contributed by atoms with Gasteiger partial charge in [0.05, 0.1) is 12.0 Å². The van der Waals surface area contributed by atoms with Crippen LogP contribution in [0.25, 0.3) is 11.1 Å². The quantitative estimate of drug-likeness (QED) is 0.361. The topological polar surface area (TPSA) is 24.8 Å². The fraction of sp³-hybridized carbons (Fsp3) is 0.240. The molecule has 148 valence electrons. The molecule has 0 spiro atoms. The van der Waals surface area contributed by atoms with E-state index < -0.39 is 0 Å². The largest absolute Gasteiger partial charge is 0.457 e. The predicted molar refractivity (Wildman–Crippen MR) is 117 cm³/mol. The Hall–Kier alpha value is -3.14. The first-order chi connectivity index (χ1) is 14.1. The number of benzene rings is 3. The highest BCUT2D eigenvalue weighted by molar-refractivity contribution is 5.66. The van der Waals surface area contributed by atoms with E-state index in [9.17, 15) is 4.39 Å². The summed E-state index contributed by atoms with van der Waals surface area (Å²) in [4.78, 5) is 6.93. The van der Waals surface area contributed by atoms with Crippen LogP contribution in [0.15, 0.2) is 65.7 Å². The molecule has 0 atom stereocenters. The lowest BCUT2D eigenvalue weighted by atomic mass is 10.1. The molecule has 1 heterocycles. The molecular formula is C25H25FN2O. The summed E-state index contributed by atoms with van der Waals surface area (Å²) in [6.45, 7) is 6.28. The highest BCUT2D eigenvalue weighted by atomic mass is 19.1. The maximum absolute atomic E-state index is 13.1. The van der Waals surface area contributed by atoms with Crippen LogP contribution in [0.3, 0.4) is 0 Å². The standard InChI is InChI=1S/C25H25FN2O/c1-18-16-25(19(2)15-24(18)27-17-28-13-3-4-14-28)29-23-11-7-21(8-12-23)20-5-9-22(26)10-6-20/h5-12,15-17H,3-4,13-14H2,1-2H3/b27-17+. The average molecular weight is 388 g/mol. The van der Waals surface area contributed by atoms with Gasteiger partial charge in [-0.3, -0.25) is 0 Å². The molecule has 1 saturated heterocycles. The molecular weight excluding hydrogens is 363 g/mol. The van der Waals surface area contributed by atoms with Crippen LogP contribution in [0.5, 0.6) is 11.5 Å². The molecule has 3 aromatic rings. The Balaban J connectivity index is 1.48. The average Bonchev–Trinajstić information content (AvgIpc) is 3.24. The third kappa shape index (κ3) is 4.65. The molecule has 29 heavy (non-hydrogen) atoms. The first-order valence-corrected chi connectivity index (χ1v) is 10.0. The summed E-state index contributed by atoms with van der Waals surface area (Å²) in [7, 11) is 0. The van der Waals surface area contributed by atoms with Gasteiger partial charge in [0.25, 0.3) is 0 Å². The van der Waals surface area contributed by atoms with Crippen molar-refractivity contribution < 1.29 is 9.13 Å². The molecule has 0 aromatic heterocycles. The Kier molecular flexibility index (Phi) is 5.61. The molecule has 0 amide bonds. The van der Waals surface area contributed by atoms with Gasteiger partial charge in [0.2, 0.25) is 0 Å². The highest BCUT2D eigenvalue weighted by Crippen LogP contribution is 2.32. The van der Waals surface area contributed by atoms with Crippen molar-refractivity contribution in [2.75, 3.05) is 13.1 Å². The van der Waals surface area contributed by atoms with Gasteiger partial charge >= 0.3 is 0 Å². The Morgan fingerprint density at radius 2 is 1.48 bits per heavy atom. The predicted octanol–water partition coefficient (Wildman–Crippen LogP) is 6.66. The van der Waals surface area contributed by atoms with Crippen LogP contribution in [-0.4, -0.2) is 24.3 Å². The second kappa shape index (κ2) is 8.48. The second-order valence-corrected chi connectivity index (χ2v) is 7.53. The summed E-state index contributed by atoms with van der Waals surface area (Å²) < 4.78 is 19.2. The number of rotatable bonds is 5. The number of halogens is 1. The monoisotopic (exact) mass is 388 g/mol. The Bertz CT molecular complexity index is 1000. The van der Waals surface area contributed by atoms with Crippen molar-refractivity contribution in [2.24, 2.45) is 4.99 Å². The summed E-state index contributed by atoms with van der Waals surface area (Å²) >= 11 is 0. The Morgan fingerprint density at radius 1 is 0.862 bits per heavy atom. The van der Waals surface area contributed by atoms with Crippen LogP contribution < -0.4 is 4.74 Å². The molecule has 4 heteroatoms. The van der Waals surface area contributed by atoms with Crippen molar-refractivity contribution in [2.45, 2.75) is 26.7 Å². The zero-order chi connectivity index (χ0) is 20.2. The van der Waals surface area contributed by atoms with Gasteiger partial charge in [0.1, 0.15) is 17.3 Å². The van der Waals surface area contributed by atoms with Crippen molar-refractivity contribution in [1.29, 1.82) is 0 Å². The smallest absolute Gasteiger partial charge is 0.130 e. The number of nitrogens with zero attached hydrogens (tertiary/aromatic N) is 2. The molecule has 0 saturated carbocycles. The van der Waals surface area contributed by atoms with Crippen molar-refractivity contribution in [3.63, 3.8) is 0 Å². The van der Waals surface area contributed by atoms with Crippen LogP contribution >= 0.6 is 0 Å². The van der Waals surface area contributed by atoms with Crippen LogP contribution in [-0.2, 0) is 0 Å². The lowest BCUT2D eigenvalue weighted by molar-refractivity contribution is 0.478. The summed E-state index contributed by atoms with van der Waals surface area (Å²) in [5.41, 5.74) is 5.12. The molecule has 3 nitrogen and oxygen atoms in total. The zero-order valence-corrected chi connectivity index (χ0v) is 16.9.